The Hall–Kier alpha value is -3.17. The topological polar surface area (TPSA) is 117 Å². The third-order valence-electron chi connectivity index (χ3n) is 8.09. The normalized spacial score (nSPS) is 32.3. The molecule has 4 fully saturated rings. The summed E-state index contributed by atoms with van der Waals surface area (Å²) < 4.78 is 29.3. The van der Waals surface area contributed by atoms with Gasteiger partial charge in [0.05, 0.1) is 23.2 Å². The van der Waals surface area contributed by atoms with Crippen LogP contribution in [0.1, 0.15) is 43.7 Å². The molecule has 3 heterocycles. The van der Waals surface area contributed by atoms with Crippen LogP contribution in [0.5, 0.6) is 0 Å². The van der Waals surface area contributed by atoms with Gasteiger partial charge in [0.25, 0.3) is 0 Å². The summed E-state index contributed by atoms with van der Waals surface area (Å²) in [7, 11) is 0. The minimum Gasteiger partial charge on any atom is -0.481 e. The number of anilines is 1. The van der Waals surface area contributed by atoms with Gasteiger partial charge in [-0.3, -0.25) is 9.89 Å². The smallest absolute Gasteiger partial charge is 0.308 e. The molecule has 0 radical (unpaired) electrons. The molecule has 3 unspecified atom stereocenters. The molecule has 0 spiro atoms. The molecule has 4 aliphatic rings. The van der Waals surface area contributed by atoms with Gasteiger partial charge in [-0.1, -0.05) is 0 Å². The highest BCUT2D eigenvalue weighted by Crippen LogP contribution is 2.76. The number of hydrogen-bond acceptors (Lipinski definition) is 6. The molecule has 32 heavy (non-hydrogen) atoms. The van der Waals surface area contributed by atoms with E-state index in [1.54, 1.807) is 0 Å². The number of carbonyl (C=O) groups is 1. The Labute approximate surface area is 180 Å². The lowest BCUT2D eigenvalue weighted by Crippen LogP contribution is -2.43. The molecule has 164 valence electrons. The number of aliphatic carboxylic acids is 1. The minimum absolute atomic E-state index is 0.000459. The second-order valence-electron chi connectivity index (χ2n) is 9.72. The number of aromatic nitrogens is 5. The number of pyridine rings is 1. The molecule has 7 rings (SSSR count). The highest BCUT2D eigenvalue weighted by molar-refractivity contribution is 5.88. The molecule has 10 heteroatoms. The summed E-state index contributed by atoms with van der Waals surface area (Å²) in [5, 5.41) is 20.4. The van der Waals surface area contributed by atoms with Crippen molar-refractivity contribution in [2.24, 2.45) is 23.2 Å². The largest absolute Gasteiger partial charge is 0.481 e. The van der Waals surface area contributed by atoms with Crippen molar-refractivity contribution >= 4 is 22.8 Å². The first-order valence-corrected chi connectivity index (χ1v) is 11.0. The van der Waals surface area contributed by atoms with Gasteiger partial charge in [0.1, 0.15) is 11.5 Å². The van der Waals surface area contributed by atoms with Crippen LogP contribution in [0.25, 0.3) is 22.6 Å². The summed E-state index contributed by atoms with van der Waals surface area (Å²) in [4.78, 5) is 24.9. The molecular weight excluding hydrogens is 418 g/mol. The summed E-state index contributed by atoms with van der Waals surface area (Å²) in [6, 6.07) is 0.935. The van der Waals surface area contributed by atoms with Crippen LogP contribution in [0.2, 0.25) is 0 Å². The van der Waals surface area contributed by atoms with Gasteiger partial charge in [-0.2, -0.15) is 5.10 Å². The number of H-pyrrole nitrogens is 1. The summed E-state index contributed by atoms with van der Waals surface area (Å²) in [6.07, 6.45) is 5.63. The molecule has 0 saturated heterocycles. The van der Waals surface area contributed by atoms with Crippen LogP contribution in [0.3, 0.4) is 0 Å². The fraction of sp³-hybridized carbons (Fsp3) is 0.500. The number of nitrogens with one attached hydrogen (secondary N) is 2. The Bertz CT molecular complexity index is 1310. The first-order valence-electron chi connectivity index (χ1n) is 11.0. The van der Waals surface area contributed by atoms with Gasteiger partial charge in [0.15, 0.2) is 23.1 Å². The standard InChI is InChI=1S/C22H20F2N6O2/c23-9-5-11-16(29-30-18(11)25-7-9)20-26-15(8-1-2-8)14(24)19(28-20)27-17-13(21(31)32)10-3-4-22(17)6-12(10)22/h5,7-8,10,12-13,17H,1-4,6H2,(H,31,32)(H,25,29,30)(H,26,27,28)/t10?,12?,13-,17+,22?/m0/s1. The molecule has 3 N–H and O–H groups in total. The van der Waals surface area contributed by atoms with E-state index in [2.05, 4.69) is 30.5 Å². The van der Waals surface area contributed by atoms with Gasteiger partial charge in [0.2, 0.25) is 0 Å². The Morgan fingerprint density at radius 1 is 1.25 bits per heavy atom. The van der Waals surface area contributed by atoms with E-state index in [4.69, 9.17) is 0 Å². The fourth-order valence-electron chi connectivity index (χ4n) is 6.45. The van der Waals surface area contributed by atoms with Crippen molar-refractivity contribution in [1.82, 2.24) is 25.1 Å². The van der Waals surface area contributed by atoms with Crippen LogP contribution in [0.4, 0.5) is 14.6 Å². The lowest BCUT2D eigenvalue weighted by atomic mass is 9.77. The number of carboxylic acids is 1. The van der Waals surface area contributed by atoms with Crippen LogP contribution >= 0.6 is 0 Å². The molecule has 4 saturated carbocycles. The van der Waals surface area contributed by atoms with Crippen molar-refractivity contribution in [3.63, 3.8) is 0 Å². The van der Waals surface area contributed by atoms with Gasteiger partial charge in [0, 0.05) is 12.0 Å². The van der Waals surface area contributed by atoms with E-state index < -0.39 is 23.5 Å². The van der Waals surface area contributed by atoms with E-state index in [0.29, 0.717) is 28.3 Å². The number of carboxylic acid groups (broad SMARTS) is 1. The summed E-state index contributed by atoms with van der Waals surface area (Å²) in [6.45, 7) is 0. The monoisotopic (exact) mass is 438 g/mol. The second kappa shape index (κ2) is 5.99. The first kappa shape index (κ1) is 18.4. The van der Waals surface area contributed by atoms with E-state index >= 15 is 4.39 Å². The molecule has 0 aromatic carbocycles. The van der Waals surface area contributed by atoms with E-state index in [0.717, 1.165) is 38.3 Å². The van der Waals surface area contributed by atoms with Crippen molar-refractivity contribution in [1.29, 1.82) is 0 Å². The quantitative estimate of drug-likeness (QED) is 0.558. The number of hydrogen-bond donors (Lipinski definition) is 3. The number of halogens is 2. The van der Waals surface area contributed by atoms with Crippen LogP contribution in [-0.4, -0.2) is 42.3 Å². The van der Waals surface area contributed by atoms with E-state index in [-0.39, 0.29) is 34.9 Å². The Balaban J connectivity index is 1.34. The molecular formula is C22H20F2N6O2. The average Bonchev–Trinajstić information content (AvgIpc) is 3.65. The Morgan fingerprint density at radius 3 is 2.84 bits per heavy atom. The molecule has 3 aromatic heterocycles. The summed E-state index contributed by atoms with van der Waals surface area (Å²) >= 11 is 0. The molecule has 5 atom stereocenters. The van der Waals surface area contributed by atoms with Crippen molar-refractivity contribution in [3.05, 3.63) is 29.6 Å². The third-order valence-corrected chi connectivity index (χ3v) is 8.09. The van der Waals surface area contributed by atoms with Gasteiger partial charge < -0.3 is 10.4 Å². The first-order chi connectivity index (χ1) is 15.5. The number of aromatic amines is 1. The van der Waals surface area contributed by atoms with Gasteiger partial charge in [-0.15, -0.1) is 0 Å². The molecule has 4 aliphatic carbocycles. The summed E-state index contributed by atoms with van der Waals surface area (Å²) in [5.74, 6) is -1.70. The maximum atomic E-state index is 15.5. The maximum absolute atomic E-state index is 15.5. The van der Waals surface area contributed by atoms with Gasteiger partial charge in [-0.05, 0) is 55.4 Å². The highest BCUT2D eigenvalue weighted by Gasteiger charge is 2.75. The van der Waals surface area contributed by atoms with Crippen molar-refractivity contribution in [2.75, 3.05) is 5.32 Å². The third kappa shape index (κ3) is 2.37. The lowest BCUT2D eigenvalue weighted by molar-refractivity contribution is -0.144. The maximum Gasteiger partial charge on any atom is 0.308 e. The van der Waals surface area contributed by atoms with Crippen molar-refractivity contribution in [2.45, 2.75) is 44.1 Å². The predicted octanol–water partition coefficient (Wildman–Crippen LogP) is 3.48. The SMILES string of the molecule is O=C(O)[C@H]1C2CCC3(CC23)[C@@H]1Nc1nc(-c2n[nH]c3ncc(F)cc23)nc(C2CC2)c1F. The Kier molecular flexibility index (Phi) is 3.45. The highest BCUT2D eigenvalue weighted by atomic mass is 19.1. The van der Waals surface area contributed by atoms with Crippen LogP contribution in [0, 0.1) is 34.8 Å². The molecule has 0 aliphatic heterocycles. The van der Waals surface area contributed by atoms with E-state index in [1.807, 2.05) is 0 Å². The lowest BCUT2D eigenvalue weighted by Gasteiger charge is -2.34. The molecule has 0 amide bonds. The zero-order valence-electron chi connectivity index (χ0n) is 17.0. The van der Waals surface area contributed by atoms with Crippen LogP contribution < -0.4 is 5.32 Å². The van der Waals surface area contributed by atoms with E-state index in [9.17, 15) is 14.3 Å². The molecule has 8 nitrogen and oxygen atoms in total. The number of fused-ring (bicyclic) bond motifs is 1. The Morgan fingerprint density at radius 2 is 2.09 bits per heavy atom. The van der Waals surface area contributed by atoms with Crippen molar-refractivity contribution in [3.8, 4) is 11.5 Å². The van der Waals surface area contributed by atoms with Gasteiger partial charge in [-0.25, -0.2) is 23.7 Å². The number of nitrogens with zero attached hydrogens (tertiary/aromatic N) is 4. The van der Waals surface area contributed by atoms with E-state index in [1.165, 1.54) is 6.07 Å². The minimum atomic E-state index is -0.837. The predicted molar refractivity (Wildman–Crippen MR) is 109 cm³/mol. The molecule has 3 aromatic rings. The van der Waals surface area contributed by atoms with Crippen LogP contribution in [0.15, 0.2) is 12.3 Å². The summed E-state index contributed by atoms with van der Waals surface area (Å²) in [5.41, 5.74) is 0.910. The fourth-order valence-corrected chi connectivity index (χ4v) is 6.45. The molecule has 2 bridgehead atoms. The average molecular weight is 438 g/mol. The second-order valence-corrected chi connectivity index (χ2v) is 9.72. The van der Waals surface area contributed by atoms with Crippen LogP contribution in [-0.2, 0) is 4.79 Å². The number of rotatable bonds is 5. The zero-order chi connectivity index (χ0) is 21.8. The van der Waals surface area contributed by atoms with Gasteiger partial charge >= 0.3 is 5.97 Å². The zero-order valence-corrected chi connectivity index (χ0v) is 17.0. The van der Waals surface area contributed by atoms with Crippen molar-refractivity contribution < 1.29 is 18.7 Å².